The van der Waals surface area contributed by atoms with Crippen molar-refractivity contribution >= 4 is 38.4 Å². The number of nitrogens with zero attached hydrogens (tertiary/aromatic N) is 2. The number of nitrogens with one attached hydrogen (secondary N) is 2. The van der Waals surface area contributed by atoms with Gasteiger partial charge in [-0.1, -0.05) is 39.6 Å². The molecule has 1 aliphatic carbocycles. The molecule has 0 saturated heterocycles. The second-order valence-corrected chi connectivity index (χ2v) is 8.89. The van der Waals surface area contributed by atoms with Crippen LogP contribution in [0.2, 0.25) is 0 Å². The van der Waals surface area contributed by atoms with Crippen molar-refractivity contribution in [2.75, 3.05) is 11.9 Å². The van der Waals surface area contributed by atoms with Crippen LogP contribution < -0.4 is 15.8 Å². The molecule has 164 valence electrons. The van der Waals surface area contributed by atoms with Crippen molar-refractivity contribution in [3.63, 3.8) is 0 Å². The Morgan fingerprint density at radius 2 is 2.16 bits per heavy atom. The smallest absolute Gasteiger partial charge is 0.439 e. The molecule has 5 rings (SSSR count). The normalized spacial score (nSPS) is 13.8. The summed E-state index contributed by atoms with van der Waals surface area (Å²) in [5.74, 6) is 0.672. The Morgan fingerprint density at radius 3 is 2.88 bits per heavy atom. The fourth-order valence-corrected chi connectivity index (χ4v) is 4.30. The fourth-order valence-electron chi connectivity index (χ4n) is 3.93. The average Bonchev–Trinajstić information content (AvgIpc) is 3.32. The lowest BCUT2D eigenvalue weighted by Crippen LogP contribution is -2.19. The van der Waals surface area contributed by atoms with Crippen LogP contribution in [0.15, 0.2) is 56.3 Å². The van der Waals surface area contributed by atoms with E-state index in [1.54, 1.807) is 18.2 Å². The highest BCUT2D eigenvalue weighted by molar-refractivity contribution is 9.10. The highest BCUT2D eigenvalue weighted by Gasteiger charge is 2.21. The molecule has 9 heteroatoms. The van der Waals surface area contributed by atoms with Gasteiger partial charge in [0, 0.05) is 22.5 Å². The minimum Gasteiger partial charge on any atom is -0.491 e. The van der Waals surface area contributed by atoms with E-state index in [0.717, 1.165) is 21.1 Å². The Morgan fingerprint density at radius 1 is 1.31 bits per heavy atom. The molecule has 2 N–H and O–H groups in total. The molecule has 0 bridgehead atoms. The van der Waals surface area contributed by atoms with Crippen LogP contribution in [-0.2, 0) is 7.05 Å². The van der Waals surface area contributed by atoms with E-state index >= 15 is 0 Å². The summed E-state index contributed by atoms with van der Waals surface area (Å²) in [4.78, 5) is 27.1. The van der Waals surface area contributed by atoms with Gasteiger partial charge in [0.05, 0.1) is 17.8 Å². The molecule has 1 aliphatic rings. The number of aromatic amines is 1. The van der Waals surface area contributed by atoms with Crippen molar-refractivity contribution in [2.24, 2.45) is 13.0 Å². The molecule has 2 heterocycles. The lowest BCUT2D eigenvalue weighted by Gasteiger charge is -2.25. The summed E-state index contributed by atoms with van der Waals surface area (Å²) < 4.78 is 13.3. The van der Waals surface area contributed by atoms with E-state index in [2.05, 4.69) is 35.9 Å². The Labute approximate surface area is 191 Å². The summed E-state index contributed by atoms with van der Waals surface area (Å²) in [6.07, 6.45) is 3.69. The third-order valence-corrected chi connectivity index (χ3v) is 6.37. The molecular weight excluding hydrogens is 476 g/mol. The van der Waals surface area contributed by atoms with Gasteiger partial charge in [0.1, 0.15) is 11.4 Å². The summed E-state index contributed by atoms with van der Waals surface area (Å²) in [7, 11) is 1.85. The van der Waals surface area contributed by atoms with Crippen LogP contribution in [-0.4, -0.2) is 27.2 Å². The summed E-state index contributed by atoms with van der Waals surface area (Å²) in [5, 5.41) is 7.60. The molecule has 32 heavy (non-hydrogen) atoms. The molecule has 1 fully saturated rings. The number of aryl methyl sites for hydroxylation is 1. The maximum absolute atomic E-state index is 13.2. The van der Waals surface area contributed by atoms with Crippen LogP contribution in [0.25, 0.3) is 22.3 Å². The van der Waals surface area contributed by atoms with Crippen molar-refractivity contribution < 1.29 is 14.1 Å². The molecule has 0 unspecified atom stereocenters. The van der Waals surface area contributed by atoms with Crippen LogP contribution >= 0.6 is 15.9 Å². The maximum atomic E-state index is 13.2. The molecule has 0 spiro atoms. The maximum Gasteiger partial charge on any atom is 0.439 e. The van der Waals surface area contributed by atoms with Crippen LogP contribution in [0.1, 0.15) is 29.8 Å². The van der Waals surface area contributed by atoms with E-state index < -0.39 is 5.76 Å². The molecule has 0 radical (unpaired) electrons. The van der Waals surface area contributed by atoms with Crippen molar-refractivity contribution in [3.8, 4) is 17.1 Å². The van der Waals surface area contributed by atoms with Gasteiger partial charge in [0.25, 0.3) is 5.91 Å². The SMILES string of the molecule is Cn1c(C(=O)Nc2ccc(Br)cc2-c2noc(=O)[nH]2)cc2cccc(OCC3CCC3)c21. The van der Waals surface area contributed by atoms with Gasteiger partial charge < -0.3 is 14.6 Å². The van der Waals surface area contributed by atoms with E-state index in [9.17, 15) is 9.59 Å². The van der Waals surface area contributed by atoms with E-state index in [1.165, 1.54) is 19.3 Å². The number of hydrogen-bond donors (Lipinski definition) is 2. The average molecular weight is 497 g/mol. The van der Waals surface area contributed by atoms with Gasteiger partial charge in [-0.05, 0) is 49.1 Å². The molecule has 1 amide bonds. The topological polar surface area (TPSA) is 102 Å². The number of ether oxygens (including phenoxy) is 1. The zero-order valence-electron chi connectivity index (χ0n) is 17.4. The van der Waals surface area contributed by atoms with Crippen molar-refractivity contribution in [2.45, 2.75) is 19.3 Å². The summed E-state index contributed by atoms with van der Waals surface area (Å²) >= 11 is 3.41. The second kappa shape index (κ2) is 8.31. The van der Waals surface area contributed by atoms with Crippen LogP contribution in [0.5, 0.6) is 5.75 Å². The lowest BCUT2D eigenvalue weighted by atomic mass is 9.86. The quantitative estimate of drug-likeness (QED) is 0.402. The standard InChI is InChI=1S/C23H21BrN4O4/c1-28-18(10-14-6-3-7-19(20(14)28)31-12-13-4-2-5-13)22(29)25-17-9-8-15(24)11-16(17)21-26-23(30)32-27-21/h3,6-11,13H,2,4-5,12H2,1H3,(H,25,29)(H,26,27,30). The first kappa shape index (κ1) is 20.6. The van der Waals surface area contributed by atoms with E-state index in [1.807, 2.05) is 35.9 Å². The first-order chi connectivity index (χ1) is 15.5. The van der Waals surface area contributed by atoms with Gasteiger partial charge in [-0.25, -0.2) is 4.79 Å². The highest BCUT2D eigenvalue weighted by Crippen LogP contribution is 2.33. The van der Waals surface area contributed by atoms with Crippen molar-refractivity contribution in [3.05, 3.63) is 63.2 Å². The Kier molecular flexibility index (Phi) is 5.34. The van der Waals surface area contributed by atoms with Crippen molar-refractivity contribution in [1.29, 1.82) is 0 Å². The number of carbonyl (C=O) groups excluding carboxylic acids is 1. The minimum absolute atomic E-state index is 0.232. The van der Waals surface area contributed by atoms with Crippen LogP contribution in [0.4, 0.5) is 5.69 Å². The van der Waals surface area contributed by atoms with Gasteiger partial charge in [0.15, 0.2) is 5.82 Å². The molecule has 8 nitrogen and oxygen atoms in total. The summed E-state index contributed by atoms with van der Waals surface area (Å²) in [6, 6.07) is 13.0. The zero-order valence-corrected chi connectivity index (χ0v) is 18.9. The molecule has 2 aromatic carbocycles. The molecule has 0 atom stereocenters. The number of hydrogen-bond acceptors (Lipinski definition) is 5. The fraction of sp³-hybridized carbons (Fsp3) is 0.261. The number of carbonyl (C=O) groups is 1. The number of anilines is 1. The largest absolute Gasteiger partial charge is 0.491 e. The van der Waals surface area contributed by atoms with Gasteiger partial charge in [-0.2, -0.15) is 0 Å². The number of fused-ring (bicyclic) bond motifs is 1. The molecule has 1 saturated carbocycles. The number of para-hydroxylation sites is 1. The van der Waals surface area contributed by atoms with E-state index in [0.29, 0.717) is 29.5 Å². The number of rotatable bonds is 6. The summed E-state index contributed by atoms with van der Waals surface area (Å²) in [6.45, 7) is 0.698. The summed E-state index contributed by atoms with van der Waals surface area (Å²) in [5.41, 5.74) is 2.40. The minimum atomic E-state index is -0.666. The van der Waals surface area contributed by atoms with Crippen LogP contribution in [0, 0.1) is 5.92 Å². The lowest BCUT2D eigenvalue weighted by molar-refractivity contribution is 0.101. The van der Waals surface area contributed by atoms with Gasteiger partial charge in [-0.3, -0.25) is 14.3 Å². The second-order valence-electron chi connectivity index (χ2n) is 7.98. The number of H-pyrrole nitrogens is 1. The Hall–Kier alpha value is -3.33. The number of benzene rings is 2. The molecular formula is C23H21BrN4O4. The third-order valence-electron chi connectivity index (χ3n) is 5.88. The molecule has 2 aromatic heterocycles. The first-order valence-electron chi connectivity index (χ1n) is 10.4. The van der Waals surface area contributed by atoms with Gasteiger partial charge >= 0.3 is 5.76 Å². The monoisotopic (exact) mass is 496 g/mol. The van der Waals surface area contributed by atoms with E-state index in [-0.39, 0.29) is 11.7 Å². The highest BCUT2D eigenvalue weighted by atomic mass is 79.9. The molecule has 4 aromatic rings. The van der Waals surface area contributed by atoms with Crippen molar-refractivity contribution in [1.82, 2.24) is 14.7 Å². The van der Waals surface area contributed by atoms with Crippen LogP contribution in [0.3, 0.4) is 0 Å². The number of aromatic nitrogens is 3. The third kappa shape index (κ3) is 3.84. The predicted octanol–water partition coefficient (Wildman–Crippen LogP) is 4.72. The van der Waals surface area contributed by atoms with E-state index in [4.69, 9.17) is 4.74 Å². The Balaban J connectivity index is 1.46. The number of amides is 1. The van der Waals surface area contributed by atoms with Gasteiger partial charge in [-0.15, -0.1) is 0 Å². The van der Waals surface area contributed by atoms with Gasteiger partial charge in [0.2, 0.25) is 0 Å². The predicted molar refractivity (Wildman–Crippen MR) is 124 cm³/mol. The Bertz CT molecular complexity index is 1370. The zero-order chi connectivity index (χ0) is 22.2. The molecule has 0 aliphatic heterocycles. The first-order valence-corrected chi connectivity index (χ1v) is 11.2. The number of halogens is 1.